The highest BCUT2D eigenvalue weighted by Crippen LogP contribution is 2.28. The highest BCUT2D eigenvalue weighted by molar-refractivity contribution is 7.80. The van der Waals surface area contributed by atoms with Crippen LogP contribution in [0.3, 0.4) is 0 Å². The number of fused-ring (bicyclic) bond motifs is 1. The quantitative estimate of drug-likeness (QED) is 0.621. The number of pyridine rings is 1. The minimum Gasteiger partial charge on any atom is -0.478 e. The summed E-state index contributed by atoms with van der Waals surface area (Å²) in [7, 11) is 0. The molecule has 0 unspecified atom stereocenters. The number of hydrogen-bond acceptors (Lipinski definition) is 3. The van der Waals surface area contributed by atoms with E-state index < -0.39 is 5.97 Å². The lowest BCUT2D eigenvalue weighted by atomic mass is 10.00. The SMILES string of the molecule is Cc1cc(C)c2nc(-c3ccc(NC(N)=S)cc3)cc(C(=O)O)c2c1. The molecule has 1 aromatic heterocycles. The molecule has 0 bridgehead atoms. The number of anilines is 1. The first-order valence-electron chi connectivity index (χ1n) is 7.67. The van der Waals surface area contributed by atoms with Crippen molar-refractivity contribution >= 4 is 39.9 Å². The standard InChI is InChI=1S/C19H17N3O2S/c1-10-7-11(2)17-14(8-10)15(18(23)24)9-16(22-17)12-3-5-13(6-4-12)21-19(20)25/h3-9H,1-2H3,(H,23,24)(H3,20,21,25). The van der Waals surface area contributed by atoms with Gasteiger partial charge in [-0.15, -0.1) is 0 Å². The summed E-state index contributed by atoms with van der Waals surface area (Å²) in [6.45, 7) is 3.88. The molecule has 25 heavy (non-hydrogen) atoms. The molecule has 3 aromatic rings. The van der Waals surface area contributed by atoms with Gasteiger partial charge in [0.25, 0.3) is 0 Å². The number of rotatable bonds is 3. The van der Waals surface area contributed by atoms with Crippen LogP contribution in [0.5, 0.6) is 0 Å². The van der Waals surface area contributed by atoms with Crippen LogP contribution in [0, 0.1) is 13.8 Å². The van der Waals surface area contributed by atoms with E-state index in [9.17, 15) is 9.90 Å². The molecule has 4 N–H and O–H groups in total. The minimum atomic E-state index is -0.967. The predicted molar refractivity (Wildman–Crippen MR) is 104 cm³/mol. The first kappa shape index (κ1) is 16.9. The van der Waals surface area contributed by atoms with Gasteiger partial charge in [-0.1, -0.05) is 23.8 Å². The molecule has 0 fully saturated rings. The van der Waals surface area contributed by atoms with Gasteiger partial charge < -0.3 is 16.2 Å². The molecular formula is C19H17N3O2S. The maximum Gasteiger partial charge on any atom is 0.336 e. The Labute approximate surface area is 150 Å². The summed E-state index contributed by atoms with van der Waals surface area (Å²) in [4.78, 5) is 16.4. The molecule has 0 aliphatic rings. The van der Waals surface area contributed by atoms with Gasteiger partial charge in [0.05, 0.1) is 16.8 Å². The van der Waals surface area contributed by atoms with Crippen LogP contribution in [0.4, 0.5) is 5.69 Å². The van der Waals surface area contributed by atoms with Gasteiger partial charge in [0.2, 0.25) is 0 Å². The van der Waals surface area contributed by atoms with Crippen LogP contribution in [0.2, 0.25) is 0 Å². The van der Waals surface area contributed by atoms with Crippen molar-refractivity contribution < 1.29 is 9.90 Å². The number of carbonyl (C=O) groups is 1. The molecule has 0 saturated carbocycles. The number of nitrogens with two attached hydrogens (primary N) is 1. The van der Waals surface area contributed by atoms with Crippen molar-refractivity contribution in [3.63, 3.8) is 0 Å². The highest BCUT2D eigenvalue weighted by atomic mass is 32.1. The van der Waals surface area contributed by atoms with Crippen molar-refractivity contribution in [2.75, 3.05) is 5.32 Å². The van der Waals surface area contributed by atoms with Crippen LogP contribution >= 0.6 is 12.2 Å². The molecule has 3 rings (SSSR count). The zero-order valence-electron chi connectivity index (χ0n) is 13.8. The van der Waals surface area contributed by atoms with Crippen molar-refractivity contribution in [1.29, 1.82) is 0 Å². The topological polar surface area (TPSA) is 88.2 Å². The Bertz CT molecular complexity index is 998. The third-order valence-electron chi connectivity index (χ3n) is 3.93. The Kier molecular flexibility index (Phi) is 4.37. The molecule has 0 amide bonds. The number of aromatic carboxylic acids is 1. The fourth-order valence-corrected chi connectivity index (χ4v) is 2.99. The van der Waals surface area contributed by atoms with Gasteiger partial charge in [0, 0.05) is 16.6 Å². The monoisotopic (exact) mass is 351 g/mol. The number of benzene rings is 2. The largest absolute Gasteiger partial charge is 0.478 e. The second-order valence-electron chi connectivity index (χ2n) is 5.90. The van der Waals surface area contributed by atoms with Crippen LogP contribution in [0.1, 0.15) is 21.5 Å². The van der Waals surface area contributed by atoms with Crippen LogP contribution in [-0.2, 0) is 0 Å². The Morgan fingerprint density at radius 3 is 2.44 bits per heavy atom. The predicted octanol–water partition coefficient (Wildman–Crippen LogP) is 3.87. The molecule has 0 saturated heterocycles. The number of aryl methyl sites for hydroxylation is 2. The van der Waals surface area contributed by atoms with E-state index in [1.165, 1.54) is 0 Å². The summed E-state index contributed by atoms with van der Waals surface area (Å²) in [5.74, 6) is -0.967. The first-order valence-corrected chi connectivity index (χ1v) is 8.08. The van der Waals surface area contributed by atoms with Crippen molar-refractivity contribution in [2.45, 2.75) is 13.8 Å². The van der Waals surface area contributed by atoms with Crippen LogP contribution in [-0.4, -0.2) is 21.2 Å². The van der Waals surface area contributed by atoms with Crippen LogP contribution < -0.4 is 11.1 Å². The third kappa shape index (κ3) is 3.44. The Morgan fingerprint density at radius 1 is 1.16 bits per heavy atom. The van der Waals surface area contributed by atoms with Gasteiger partial charge in [0.15, 0.2) is 5.11 Å². The van der Waals surface area contributed by atoms with E-state index in [4.69, 9.17) is 18.0 Å². The minimum absolute atomic E-state index is 0.190. The lowest BCUT2D eigenvalue weighted by Crippen LogP contribution is -2.18. The van der Waals surface area contributed by atoms with Crippen LogP contribution in [0.25, 0.3) is 22.2 Å². The zero-order valence-corrected chi connectivity index (χ0v) is 14.6. The number of aromatic nitrogens is 1. The molecule has 5 nitrogen and oxygen atoms in total. The Hall–Kier alpha value is -2.99. The van der Waals surface area contributed by atoms with Gasteiger partial charge in [-0.05, 0) is 55.9 Å². The third-order valence-corrected chi connectivity index (χ3v) is 4.03. The average molecular weight is 351 g/mol. The molecule has 0 spiro atoms. The van der Waals surface area contributed by atoms with Crippen molar-refractivity contribution in [2.24, 2.45) is 5.73 Å². The molecule has 0 radical (unpaired) electrons. The van der Waals surface area contributed by atoms with E-state index in [2.05, 4.69) is 10.3 Å². The summed E-state index contributed by atoms with van der Waals surface area (Å²) in [6.07, 6.45) is 0. The van der Waals surface area contributed by atoms with E-state index >= 15 is 0 Å². The molecule has 6 heteroatoms. The number of hydrogen-bond donors (Lipinski definition) is 3. The van der Waals surface area contributed by atoms with Crippen molar-refractivity contribution in [3.8, 4) is 11.3 Å². The number of nitrogens with zero attached hydrogens (tertiary/aromatic N) is 1. The van der Waals surface area contributed by atoms with Crippen LogP contribution in [0.15, 0.2) is 42.5 Å². The summed E-state index contributed by atoms with van der Waals surface area (Å²) >= 11 is 4.82. The molecule has 0 atom stereocenters. The summed E-state index contributed by atoms with van der Waals surface area (Å²) in [6, 6.07) is 12.8. The first-order chi connectivity index (χ1) is 11.8. The van der Waals surface area contributed by atoms with Gasteiger partial charge in [0.1, 0.15) is 0 Å². The Morgan fingerprint density at radius 2 is 1.84 bits per heavy atom. The average Bonchev–Trinajstić information content (AvgIpc) is 2.54. The maximum absolute atomic E-state index is 11.7. The van der Waals surface area contributed by atoms with Crippen molar-refractivity contribution in [1.82, 2.24) is 4.98 Å². The second-order valence-corrected chi connectivity index (χ2v) is 6.34. The van der Waals surface area contributed by atoms with Gasteiger partial charge in [-0.25, -0.2) is 9.78 Å². The Balaban J connectivity index is 2.17. The lowest BCUT2D eigenvalue weighted by molar-refractivity contribution is 0.0699. The summed E-state index contributed by atoms with van der Waals surface area (Å²) in [5, 5.41) is 13.3. The molecule has 0 aliphatic heterocycles. The zero-order chi connectivity index (χ0) is 18.1. The van der Waals surface area contributed by atoms with E-state index in [1.54, 1.807) is 6.07 Å². The number of nitrogens with one attached hydrogen (secondary N) is 1. The highest BCUT2D eigenvalue weighted by Gasteiger charge is 2.15. The van der Waals surface area contributed by atoms with Crippen molar-refractivity contribution in [3.05, 3.63) is 59.2 Å². The summed E-state index contributed by atoms with van der Waals surface area (Å²) < 4.78 is 0. The summed E-state index contributed by atoms with van der Waals surface area (Å²) in [5.41, 5.74) is 10.6. The lowest BCUT2D eigenvalue weighted by Gasteiger charge is -2.11. The molecular weight excluding hydrogens is 334 g/mol. The van der Waals surface area contributed by atoms with E-state index in [1.807, 2.05) is 50.2 Å². The van der Waals surface area contributed by atoms with E-state index in [-0.39, 0.29) is 10.7 Å². The van der Waals surface area contributed by atoms with E-state index in [0.29, 0.717) is 16.6 Å². The fraction of sp³-hybridized carbons (Fsp3) is 0.105. The number of thiocarbonyl (C=S) groups is 1. The normalized spacial score (nSPS) is 10.6. The molecule has 1 heterocycles. The molecule has 0 aliphatic carbocycles. The fourth-order valence-electron chi connectivity index (χ4n) is 2.87. The maximum atomic E-state index is 11.7. The van der Waals surface area contributed by atoms with Gasteiger partial charge >= 0.3 is 5.97 Å². The van der Waals surface area contributed by atoms with E-state index in [0.717, 1.165) is 22.4 Å². The number of carboxylic acid groups (broad SMARTS) is 1. The molecule has 2 aromatic carbocycles. The second kappa shape index (κ2) is 6.49. The number of carboxylic acids is 1. The van der Waals surface area contributed by atoms with Gasteiger partial charge in [-0.2, -0.15) is 0 Å². The van der Waals surface area contributed by atoms with Gasteiger partial charge in [-0.3, -0.25) is 0 Å². The molecule has 126 valence electrons. The smallest absolute Gasteiger partial charge is 0.336 e.